The molecule has 148 valence electrons. The second-order valence-corrected chi connectivity index (χ2v) is 7.77. The van der Waals surface area contributed by atoms with Gasteiger partial charge in [0.2, 0.25) is 16.0 Å². The molecule has 1 aliphatic rings. The number of nitrogens with one attached hydrogen (secondary N) is 1. The van der Waals surface area contributed by atoms with Crippen molar-refractivity contribution in [2.75, 3.05) is 32.1 Å². The molecule has 0 saturated carbocycles. The van der Waals surface area contributed by atoms with Crippen LogP contribution < -0.4 is 5.32 Å². The summed E-state index contributed by atoms with van der Waals surface area (Å²) < 4.78 is 19.8. The number of hydrogen-bond acceptors (Lipinski definition) is 6. The fourth-order valence-corrected chi connectivity index (χ4v) is 4.17. The summed E-state index contributed by atoms with van der Waals surface area (Å²) in [6, 6.07) is 6.56. The lowest BCUT2D eigenvalue weighted by Gasteiger charge is -2.32. The molecule has 3 aromatic rings. The number of fused-ring (bicyclic) bond motifs is 1. The highest BCUT2D eigenvalue weighted by Gasteiger charge is 2.23. The standard InChI is InChI=1S/C19H22FN5O2S/c1-27-11-8-17(26)24-9-6-15(7-10-24)21-18-23-25-12-16(22-19(25)28-18)13-2-4-14(20)5-3-13/h2-5,12,15H,6-11H2,1H3,(H,21,23). The molecule has 4 rings (SSSR count). The smallest absolute Gasteiger partial charge is 0.224 e. The first-order chi connectivity index (χ1) is 13.6. The van der Waals surface area contributed by atoms with Gasteiger partial charge in [-0.1, -0.05) is 11.3 Å². The van der Waals surface area contributed by atoms with E-state index in [9.17, 15) is 9.18 Å². The lowest BCUT2D eigenvalue weighted by Crippen LogP contribution is -2.42. The third-order valence-electron chi connectivity index (χ3n) is 4.88. The summed E-state index contributed by atoms with van der Waals surface area (Å²) >= 11 is 1.49. The number of carbonyl (C=O) groups excluding carboxylic acids is 1. The Morgan fingerprint density at radius 3 is 2.75 bits per heavy atom. The van der Waals surface area contributed by atoms with Crippen LogP contribution in [0.4, 0.5) is 9.52 Å². The number of halogens is 1. The van der Waals surface area contributed by atoms with Gasteiger partial charge in [-0.2, -0.15) is 0 Å². The number of piperidine rings is 1. The van der Waals surface area contributed by atoms with Crippen LogP contribution in [0.3, 0.4) is 0 Å². The summed E-state index contributed by atoms with van der Waals surface area (Å²) in [6.45, 7) is 1.96. The number of amides is 1. The number of aromatic nitrogens is 3. The van der Waals surface area contributed by atoms with E-state index in [-0.39, 0.29) is 11.7 Å². The third kappa shape index (κ3) is 4.15. The second kappa shape index (κ2) is 8.24. The van der Waals surface area contributed by atoms with Crippen LogP contribution >= 0.6 is 11.3 Å². The molecule has 1 amide bonds. The second-order valence-electron chi connectivity index (χ2n) is 6.81. The number of methoxy groups -OCH3 is 1. The Hall–Kier alpha value is -2.52. The minimum Gasteiger partial charge on any atom is -0.384 e. The number of nitrogens with zero attached hydrogens (tertiary/aromatic N) is 4. The van der Waals surface area contributed by atoms with Gasteiger partial charge in [0.25, 0.3) is 0 Å². The van der Waals surface area contributed by atoms with Crippen molar-refractivity contribution in [2.45, 2.75) is 25.3 Å². The Kier molecular flexibility index (Phi) is 5.54. The highest BCUT2D eigenvalue weighted by molar-refractivity contribution is 7.20. The molecule has 0 radical (unpaired) electrons. The van der Waals surface area contributed by atoms with E-state index in [2.05, 4.69) is 15.4 Å². The van der Waals surface area contributed by atoms with Gasteiger partial charge < -0.3 is 15.0 Å². The Bertz CT molecular complexity index is 916. The number of hydrogen-bond donors (Lipinski definition) is 1. The molecule has 28 heavy (non-hydrogen) atoms. The fourth-order valence-electron chi connectivity index (χ4n) is 3.31. The maximum Gasteiger partial charge on any atom is 0.224 e. The summed E-state index contributed by atoms with van der Waals surface area (Å²) in [4.78, 5) is 19.3. The van der Waals surface area contributed by atoms with Crippen LogP contribution in [0.15, 0.2) is 30.5 Å². The topological polar surface area (TPSA) is 71.8 Å². The van der Waals surface area contributed by atoms with E-state index in [1.165, 1.54) is 23.5 Å². The Morgan fingerprint density at radius 2 is 2.07 bits per heavy atom. The van der Waals surface area contributed by atoms with E-state index in [4.69, 9.17) is 4.74 Å². The molecule has 0 bridgehead atoms. The first-order valence-corrected chi connectivity index (χ1v) is 10.1. The minimum absolute atomic E-state index is 0.154. The summed E-state index contributed by atoms with van der Waals surface area (Å²) in [7, 11) is 1.61. The van der Waals surface area contributed by atoms with Gasteiger partial charge in [-0.05, 0) is 37.1 Å². The Balaban J connectivity index is 1.35. The van der Waals surface area contributed by atoms with E-state index in [0.29, 0.717) is 19.1 Å². The molecule has 9 heteroatoms. The lowest BCUT2D eigenvalue weighted by molar-refractivity contribution is -0.133. The zero-order valence-electron chi connectivity index (χ0n) is 15.6. The van der Waals surface area contributed by atoms with Crippen molar-refractivity contribution in [3.05, 3.63) is 36.3 Å². The maximum absolute atomic E-state index is 13.1. The number of anilines is 1. The molecular weight excluding hydrogens is 381 g/mol. The normalized spacial score (nSPS) is 15.3. The predicted octanol–water partition coefficient (Wildman–Crippen LogP) is 3.04. The SMILES string of the molecule is COCCC(=O)N1CCC(Nc2nn3cc(-c4ccc(F)cc4)nc3s2)CC1. The number of benzene rings is 1. The van der Waals surface area contributed by atoms with Gasteiger partial charge in [-0.15, -0.1) is 5.10 Å². The van der Waals surface area contributed by atoms with Gasteiger partial charge in [0.05, 0.1) is 24.9 Å². The molecule has 0 unspecified atom stereocenters. The molecule has 1 aromatic carbocycles. The number of imidazole rings is 1. The molecule has 1 saturated heterocycles. The summed E-state index contributed by atoms with van der Waals surface area (Å²) in [5, 5.41) is 8.83. The van der Waals surface area contributed by atoms with Crippen LogP contribution in [0.2, 0.25) is 0 Å². The van der Waals surface area contributed by atoms with Crippen molar-refractivity contribution in [3.8, 4) is 11.3 Å². The maximum atomic E-state index is 13.1. The van der Waals surface area contributed by atoms with Crippen LogP contribution in [0.5, 0.6) is 0 Å². The molecule has 2 aromatic heterocycles. The first-order valence-electron chi connectivity index (χ1n) is 9.28. The minimum atomic E-state index is -0.263. The van der Waals surface area contributed by atoms with Crippen molar-refractivity contribution in [2.24, 2.45) is 0 Å². The van der Waals surface area contributed by atoms with Gasteiger partial charge in [-0.3, -0.25) is 4.79 Å². The van der Waals surface area contributed by atoms with E-state index in [0.717, 1.165) is 47.3 Å². The molecule has 1 N–H and O–H groups in total. The average molecular weight is 403 g/mol. The average Bonchev–Trinajstić information content (AvgIpc) is 3.26. The quantitative estimate of drug-likeness (QED) is 0.685. The van der Waals surface area contributed by atoms with Crippen molar-refractivity contribution >= 4 is 27.3 Å². The molecular formula is C19H22FN5O2S. The Labute approximate surface area is 166 Å². The molecule has 1 aliphatic heterocycles. The van der Waals surface area contributed by atoms with E-state index in [1.807, 2.05) is 11.1 Å². The van der Waals surface area contributed by atoms with Crippen LogP contribution in [0.25, 0.3) is 16.2 Å². The fraction of sp³-hybridized carbons (Fsp3) is 0.421. The summed E-state index contributed by atoms with van der Waals surface area (Å²) in [5.74, 6) is -0.109. The van der Waals surface area contributed by atoms with Gasteiger partial charge in [0.15, 0.2) is 0 Å². The molecule has 1 fully saturated rings. The summed E-state index contributed by atoms with van der Waals surface area (Å²) in [5.41, 5.74) is 1.63. The van der Waals surface area contributed by atoms with Crippen molar-refractivity contribution < 1.29 is 13.9 Å². The molecule has 3 heterocycles. The van der Waals surface area contributed by atoms with Gasteiger partial charge in [0.1, 0.15) is 5.82 Å². The van der Waals surface area contributed by atoms with Crippen LogP contribution in [0, 0.1) is 5.82 Å². The van der Waals surface area contributed by atoms with Crippen molar-refractivity contribution in [3.63, 3.8) is 0 Å². The van der Waals surface area contributed by atoms with Gasteiger partial charge in [-0.25, -0.2) is 13.9 Å². The van der Waals surface area contributed by atoms with Crippen LogP contribution in [-0.2, 0) is 9.53 Å². The number of likely N-dealkylation sites (tertiary alicyclic amines) is 1. The lowest BCUT2D eigenvalue weighted by atomic mass is 10.1. The first kappa shape index (κ1) is 18.8. The number of rotatable bonds is 6. The van der Waals surface area contributed by atoms with Gasteiger partial charge in [0, 0.05) is 31.8 Å². The zero-order chi connectivity index (χ0) is 19.5. The highest BCUT2D eigenvalue weighted by atomic mass is 32.1. The molecule has 0 atom stereocenters. The largest absolute Gasteiger partial charge is 0.384 e. The molecule has 7 nitrogen and oxygen atoms in total. The molecule has 0 aliphatic carbocycles. The van der Waals surface area contributed by atoms with E-state index >= 15 is 0 Å². The number of ether oxygens (including phenoxy) is 1. The van der Waals surface area contributed by atoms with Crippen molar-refractivity contribution in [1.82, 2.24) is 19.5 Å². The van der Waals surface area contributed by atoms with E-state index < -0.39 is 0 Å². The van der Waals surface area contributed by atoms with Crippen LogP contribution in [-0.4, -0.2) is 58.3 Å². The summed E-state index contributed by atoms with van der Waals surface area (Å²) in [6.07, 6.45) is 4.07. The monoisotopic (exact) mass is 403 g/mol. The van der Waals surface area contributed by atoms with E-state index in [1.54, 1.807) is 23.8 Å². The third-order valence-corrected chi connectivity index (χ3v) is 5.73. The number of carbonyl (C=O) groups is 1. The highest BCUT2D eigenvalue weighted by Crippen LogP contribution is 2.26. The van der Waals surface area contributed by atoms with Crippen molar-refractivity contribution in [1.29, 1.82) is 0 Å². The van der Waals surface area contributed by atoms with Crippen LogP contribution in [0.1, 0.15) is 19.3 Å². The molecule has 0 spiro atoms. The Morgan fingerprint density at radius 1 is 1.32 bits per heavy atom. The van der Waals surface area contributed by atoms with Gasteiger partial charge >= 0.3 is 0 Å². The zero-order valence-corrected chi connectivity index (χ0v) is 16.4. The predicted molar refractivity (Wildman–Crippen MR) is 106 cm³/mol.